The molecular formula is C20H26F3N3O3S. The van der Waals surface area contributed by atoms with Gasteiger partial charge in [-0.25, -0.2) is 4.79 Å². The number of hydrogen-bond acceptors (Lipinski definition) is 4. The number of rotatable bonds is 6. The highest BCUT2D eigenvalue weighted by molar-refractivity contribution is 7.80. The molecule has 1 aromatic carbocycles. The number of piperidine rings is 1. The molecule has 0 radical (unpaired) electrons. The van der Waals surface area contributed by atoms with Gasteiger partial charge in [-0.05, 0) is 55.7 Å². The third-order valence-corrected chi connectivity index (χ3v) is 5.74. The minimum Gasteiger partial charge on any atom is -0.447 e. The number of nitrogens with one attached hydrogen (secondary N) is 1. The second-order valence-electron chi connectivity index (χ2n) is 7.50. The van der Waals surface area contributed by atoms with Gasteiger partial charge in [0.2, 0.25) is 0 Å². The fraction of sp³-hybridized carbons (Fsp3) is 0.600. The van der Waals surface area contributed by atoms with Crippen molar-refractivity contribution in [3.8, 4) is 5.75 Å². The maximum Gasteiger partial charge on any atom is 0.573 e. The normalized spacial score (nSPS) is 20.3. The monoisotopic (exact) mass is 445 g/mol. The highest BCUT2D eigenvalue weighted by atomic mass is 32.1. The summed E-state index contributed by atoms with van der Waals surface area (Å²) in [5.41, 5.74) is 0.583. The molecule has 2 saturated heterocycles. The minimum absolute atomic E-state index is 0.139. The van der Waals surface area contributed by atoms with Crippen molar-refractivity contribution in [3.63, 3.8) is 0 Å². The van der Waals surface area contributed by atoms with Crippen LogP contribution in [0.15, 0.2) is 24.3 Å². The Morgan fingerprint density at radius 1 is 1.27 bits per heavy atom. The highest BCUT2D eigenvalue weighted by Crippen LogP contribution is 2.27. The molecule has 1 unspecified atom stereocenters. The molecule has 2 aliphatic heterocycles. The second-order valence-corrected chi connectivity index (χ2v) is 7.89. The minimum atomic E-state index is -4.72. The number of ether oxygens (including phenoxy) is 2. The predicted octanol–water partition coefficient (Wildman–Crippen LogP) is 4.76. The molecule has 1 aromatic rings. The second kappa shape index (κ2) is 9.72. The lowest BCUT2D eigenvalue weighted by Gasteiger charge is -2.38. The summed E-state index contributed by atoms with van der Waals surface area (Å²) in [6.07, 6.45) is -0.257. The maximum atomic E-state index is 12.3. The van der Waals surface area contributed by atoms with Gasteiger partial charge in [-0.1, -0.05) is 19.8 Å². The number of alkyl halides is 3. The number of hydrogen-bond donors (Lipinski definition) is 1. The summed E-state index contributed by atoms with van der Waals surface area (Å²) in [5.74, 6) is -0.282. The maximum absolute atomic E-state index is 12.3. The lowest BCUT2D eigenvalue weighted by Crippen LogP contribution is -2.50. The van der Waals surface area contributed by atoms with Crippen LogP contribution < -0.4 is 10.1 Å². The van der Waals surface area contributed by atoms with Gasteiger partial charge in [-0.3, -0.25) is 4.90 Å². The highest BCUT2D eigenvalue weighted by Gasteiger charge is 2.39. The van der Waals surface area contributed by atoms with Gasteiger partial charge in [0.15, 0.2) is 5.11 Å². The summed E-state index contributed by atoms with van der Waals surface area (Å²) in [7, 11) is 0. The van der Waals surface area contributed by atoms with Crippen molar-refractivity contribution in [3.05, 3.63) is 24.3 Å². The number of carbonyl (C=O) groups is 1. The van der Waals surface area contributed by atoms with E-state index in [2.05, 4.69) is 17.0 Å². The fourth-order valence-corrected chi connectivity index (χ4v) is 4.17. The number of thiocarbonyl (C=S) groups is 1. The molecule has 166 valence electrons. The average molecular weight is 446 g/mol. The molecule has 0 bridgehead atoms. The van der Waals surface area contributed by atoms with Crippen LogP contribution in [0, 0.1) is 0 Å². The van der Waals surface area contributed by atoms with Gasteiger partial charge in [0.25, 0.3) is 0 Å². The summed E-state index contributed by atoms with van der Waals surface area (Å²) in [4.78, 5) is 16.1. The lowest BCUT2D eigenvalue weighted by molar-refractivity contribution is -0.274. The van der Waals surface area contributed by atoms with E-state index >= 15 is 0 Å². The zero-order valence-electron chi connectivity index (χ0n) is 16.8. The van der Waals surface area contributed by atoms with E-state index in [-0.39, 0.29) is 23.9 Å². The molecule has 0 aromatic heterocycles. The first-order valence-corrected chi connectivity index (χ1v) is 10.5. The fourth-order valence-electron chi connectivity index (χ4n) is 3.87. The molecule has 1 atom stereocenters. The van der Waals surface area contributed by atoms with E-state index < -0.39 is 6.36 Å². The Kier molecular flexibility index (Phi) is 7.27. The van der Waals surface area contributed by atoms with Gasteiger partial charge in [0.1, 0.15) is 12.4 Å². The smallest absolute Gasteiger partial charge is 0.447 e. The number of amides is 1. The predicted molar refractivity (Wildman–Crippen MR) is 110 cm³/mol. The van der Waals surface area contributed by atoms with E-state index in [0.717, 1.165) is 32.1 Å². The SMILES string of the molecule is CCCCC1COC(=O)N1C1CCN(C(=S)Nc2ccc(OC(F)(F)F)cc2)CC1. The van der Waals surface area contributed by atoms with Gasteiger partial charge in [0.05, 0.1) is 6.04 Å². The van der Waals surface area contributed by atoms with E-state index in [9.17, 15) is 18.0 Å². The summed E-state index contributed by atoms with van der Waals surface area (Å²) in [6, 6.07) is 5.73. The lowest BCUT2D eigenvalue weighted by atomic mass is 10.0. The van der Waals surface area contributed by atoms with Gasteiger partial charge < -0.3 is 19.7 Å². The number of anilines is 1. The average Bonchev–Trinajstić information content (AvgIpc) is 3.07. The Bertz CT molecular complexity index is 737. The molecule has 1 amide bonds. The van der Waals surface area contributed by atoms with E-state index in [4.69, 9.17) is 17.0 Å². The molecule has 6 nitrogen and oxygen atoms in total. The van der Waals surface area contributed by atoms with Crippen LogP contribution in [0.25, 0.3) is 0 Å². The number of unbranched alkanes of at least 4 members (excludes halogenated alkanes) is 1. The molecule has 1 N–H and O–H groups in total. The van der Waals surface area contributed by atoms with Crippen LogP contribution in [-0.4, -0.2) is 59.1 Å². The van der Waals surface area contributed by atoms with Gasteiger partial charge in [-0.2, -0.15) is 0 Å². The van der Waals surface area contributed by atoms with Crippen molar-refractivity contribution >= 4 is 29.1 Å². The third kappa shape index (κ3) is 5.90. The van der Waals surface area contributed by atoms with E-state index in [0.29, 0.717) is 30.5 Å². The van der Waals surface area contributed by atoms with Crippen molar-refractivity contribution in [1.29, 1.82) is 0 Å². The molecule has 2 aliphatic rings. The van der Waals surface area contributed by atoms with Gasteiger partial charge in [0, 0.05) is 24.8 Å². The Morgan fingerprint density at radius 2 is 1.93 bits per heavy atom. The topological polar surface area (TPSA) is 54.0 Å². The van der Waals surface area contributed by atoms with Crippen LogP contribution in [0.3, 0.4) is 0 Å². The summed E-state index contributed by atoms with van der Waals surface area (Å²) >= 11 is 5.45. The van der Waals surface area contributed by atoms with Crippen LogP contribution in [0.1, 0.15) is 39.0 Å². The Hall–Kier alpha value is -2.23. The molecule has 0 aliphatic carbocycles. The largest absolute Gasteiger partial charge is 0.573 e. The summed E-state index contributed by atoms with van der Waals surface area (Å²) in [5, 5.41) is 3.55. The number of likely N-dealkylation sites (tertiary alicyclic amines) is 1. The van der Waals surface area contributed by atoms with Crippen molar-refractivity contribution < 1.29 is 27.4 Å². The van der Waals surface area contributed by atoms with Crippen molar-refractivity contribution in [2.75, 3.05) is 25.0 Å². The Labute approximate surface area is 179 Å². The van der Waals surface area contributed by atoms with Gasteiger partial charge in [-0.15, -0.1) is 13.2 Å². The molecule has 0 spiro atoms. The van der Waals surface area contributed by atoms with E-state index in [1.807, 2.05) is 9.80 Å². The number of nitrogens with zero attached hydrogens (tertiary/aromatic N) is 2. The van der Waals surface area contributed by atoms with Gasteiger partial charge >= 0.3 is 12.5 Å². The van der Waals surface area contributed by atoms with E-state index in [1.54, 1.807) is 0 Å². The van der Waals surface area contributed by atoms with Crippen LogP contribution in [0.5, 0.6) is 5.75 Å². The van der Waals surface area contributed by atoms with Crippen LogP contribution in [0.4, 0.5) is 23.7 Å². The zero-order valence-corrected chi connectivity index (χ0v) is 17.6. The number of halogens is 3. The first kappa shape index (κ1) is 22.5. The summed E-state index contributed by atoms with van der Waals surface area (Å²) < 4.78 is 45.9. The standard InChI is InChI=1S/C20H26F3N3O3S/c1-2-3-4-16-13-28-19(27)26(16)15-9-11-25(12-10-15)18(30)24-14-5-7-17(8-6-14)29-20(21,22)23/h5-8,15-16H,2-4,9-13H2,1H3,(H,24,30). The summed E-state index contributed by atoms with van der Waals surface area (Å²) in [6.45, 7) is 3.98. The Balaban J connectivity index is 1.50. The zero-order chi connectivity index (χ0) is 21.7. The van der Waals surface area contributed by atoms with Crippen LogP contribution in [-0.2, 0) is 4.74 Å². The molecule has 30 heavy (non-hydrogen) atoms. The molecule has 2 fully saturated rings. The first-order chi connectivity index (χ1) is 14.3. The van der Waals surface area contributed by atoms with Crippen LogP contribution >= 0.6 is 12.2 Å². The molecule has 3 rings (SSSR count). The molecule has 10 heteroatoms. The van der Waals surface area contributed by atoms with E-state index in [1.165, 1.54) is 24.3 Å². The number of benzene rings is 1. The molecular weight excluding hydrogens is 419 g/mol. The number of cyclic esters (lactones) is 1. The molecule has 2 heterocycles. The Morgan fingerprint density at radius 3 is 2.53 bits per heavy atom. The first-order valence-electron chi connectivity index (χ1n) is 10.1. The van der Waals surface area contributed by atoms with Crippen molar-refractivity contribution in [1.82, 2.24) is 9.80 Å². The third-order valence-electron chi connectivity index (χ3n) is 5.38. The molecule has 0 saturated carbocycles. The van der Waals surface area contributed by atoms with Crippen molar-refractivity contribution in [2.24, 2.45) is 0 Å². The van der Waals surface area contributed by atoms with Crippen LogP contribution in [0.2, 0.25) is 0 Å². The quantitative estimate of drug-likeness (QED) is 0.638. The van der Waals surface area contributed by atoms with Crippen molar-refractivity contribution in [2.45, 2.75) is 57.5 Å². The number of carbonyl (C=O) groups excluding carboxylic acids is 1.